The Kier molecular flexibility index (Phi) is 3.28. The highest BCUT2D eigenvalue weighted by molar-refractivity contribution is 7.16. The summed E-state index contributed by atoms with van der Waals surface area (Å²) in [5.41, 5.74) is 1.05. The van der Waals surface area contributed by atoms with E-state index in [1.54, 1.807) is 24.3 Å². The number of imide groups is 1. The Balaban J connectivity index is 1.23. The van der Waals surface area contributed by atoms with Crippen LogP contribution >= 0.6 is 11.3 Å². The van der Waals surface area contributed by atoms with E-state index in [0.29, 0.717) is 11.1 Å². The van der Waals surface area contributed by atoms with Gasteiger partial charge in [0.2, 0.25) is 4.96 Å². The molecule has 0 unspecified atom stereocenters. The molecule has 30 heavy (non-hydrogen) atoms. The molecule has 8 heteroatoms. The average molecular weight is 420 g/mol. The first-order chi connectivity index (χ1) is 14.6. The van der Waals surface area contributed by atoms with E-state index >= 15 is 0 Å². The van der Waals surface area contributed by atoms with Gasteiger partial charge in [-0.3, -0.25) is 14.5 Å². The van der Waals surface area contributed by atoms with Gasteiger partial charge in [0.15, 0.2) is 5.82 Å². The molecule has 3 heterocycles. The smallest absolute Gasteiger partial charge is 0.261 e. The second kappa shape index (κ2) is 5.75. The molecule has 0 spiro atoms. The first kappa shape index (κ1) is 17.1. The third-order valence-corrected chi connectivity index (χ3v) is 8.60. The number of amides is 2. The molecule has 5 aliphatic rings. The lowest BCUT2D eigenvalue weighted by atomic mass is 9.49. The van der Waals surface area contributed by atoms with Crippen molar-refractivity contribution >= 4 is 28.1 Å². The first-order valence-corrected chi connectivity index (χ1v) is 11.6. The van der Waals surface area contributed by atoms with Crippen molar-refractivity contribution in [2.75, 3.05) is 0 Å². The van der Waals surface area contributed by atoms with Gasteiger partial charge < -0.3 is 0 Å². The van der Waals surface area contributed by atoms with Crippen molar-refractivity contribution in [2.24, 2.45) is 17.8 Å². The molecule has 4 fully saturated rings. The third kappa shape index (κ3) is 2.23. The number of rotatable bonds is 3. The zero-order chi connectivity index (χ0) is 20.0. The van der Waals surface area contributed by atoms with Crippen LogP contribution in [0.3, 0.4) is 0 Å². The molecule has 4 saturated carbocycles. The Bertz CT molecular complexity index is 1160. The zero-order valence-corrected chi connectivity index (χ0v) is 17.3. The maximum atomic E-state index is 12.7. The van der Waals surface area contributed by atoms with Crippen LogP contribution in [0, 0.1) is 17.8 Å². The second-order valence-electron chi connectivity index (χ2n) is 9.65. The fourth-order valence-electron chi connectivity index (χ4n) is 6.95. The molecule has 0 N–H and O–H groups in total. The van der Waals surface area contributed by atoms with Gasteiger partial charge in [0.25, 0.3) is 11.8 Å². The van der Waals surface area contributed by atoms with Crippen LogP contribution in [0.2, 0.25) is 0 Å². The summed E-state index contributed by atoms with van der Waals surface area (Å²) in [5, 5.41) is 14.5. The Labute approximate surface area is 177 Å². The van der Waals surface area contributed by atoms with E-state index in [9.17, 15) is 9.59 Å². The lowest BCUT2D eigenvalue weighted by Gasteiger charge is -2.55. The number of aromatic nitrogens is 4. The van der Waals surface area contributed by atoms with Gasteiger partial charge in [-0.25, -0.2) is 0 Å². The zero-order valence-electron chi connectivity index (χ0n) is 16.5. The standard InChI is InChI=1S/C22H21N5O2S/c28-18-15-3-1-2-4-16(15)19(29)26(18)11-17-25-27-20(23-24-21(27)30-17)22-8-12-5-13(9-22)7-14(6-12)10-22/h1-4,12-14H,5-11H2. The lowest BCUT2D eigenvalue weighted by Crippen LogP contribution is -2.49. The molecule has 2 amide bonds. The molecule has 4 aliphatic carbocycles. The molecule has 1 aromatic carbocycles. The van der Waals surface area contributed by atoms with Gasteiger partial charge in [0, 0.05) is 5.41 Å². The molecule has 8 rings (SSSR count). The number of carbonyl (C=O) groups excluding carboxylic acids is 2. The van der Waals surface area contributed by atoms with Crippen molar-refractivity contribution in [1.29, 1.82) is 0 Å². The van der Waals surface area contributed by atoms with E-state index in [1.807, 2.05) is 4.52 Å². The van der Waals surface area contributed by atoms with Crippen LogP contribution in [0.25, 0.3) is 4.96 Å². The molecule has 2 aromatic heterocycles. The van der Waals surface area contributed by atoms with Gasteiger partial charge in [-0.1, -0.05) is 23.5 Å². The molecule has 1 aliphatic heterocycles. The Morgan fingerprint density at radius 1 is 0.933 bits per heavy atom. The van der Waals surface area contributed by atoms with E-state index in [-0.39, 0.29) is 23.8 Å². The van der Waals surface area contributed by atoms with Crippen molar-refractivity contribution in [3.05, 3.63) is 46.2 Å². The highest BCUT2D eigenvalue weighted by atomic mass is 32.1. The van der Waals surface area contributed by atoms with Crippen LogP contribution in [0.15, 0.2) is 24.3 Å². The lowest BCUT2D eigenvalue weighted by molar-refractivity contribution is -0.0103. The minimum absolute atomic E-state index is 0.106. The van der Waals surface area contributed by atoms with E-state index in [0.717, 1.165) is 33.5 Å². The summed E-state index contributed by atoms with van der Waals surface area (Å²) in [6.07, 6.45) is 7.73. The van der Waals surface area contributed by atoms with Crippen LogP contribution in [0.1, 0.15) is 70.1 Å². The van der Waals surface area contributed by atoms with Crippen LogP contribution in [-0.4, -0.2) is 36.5 Å². The Morgan fingerprint density at radius 3 is 2.13 bits per heavy atom. The summed E-state index contributed by atoms with van der Waals surface area (Å²) in [6, 6.07) is 6.99. The largest absolute Gasteiger partial charge is 0.269 e. The second-order valence-corrected chi connectivity index (χ2v) is 10.7. The quantitative estimate of drug-likeness (QED) is 0.608. The SMILES string of the molecule is O=C1c2ccccc2C(=O)N1Cc1nn2c(C34CC5CC(CC(C5)C3)C4)nnc2s1. The fraction of sp³-hybridized carbons (Fsp3) is 0.500. The van der Waals surface area contributed by atoms with E-state index in [4.69, 9.17) is 5.10 Å². The molecule has 0 radical (unpaired) electrons. The van der Waals surface area contributed by atoms with Gasteiger partial charge in [0.1, 0.15) is 5.01 Å². The number of benzene rings is 1. The minimum atomic E-state index is -0.247. The summed E-state index contributed by atoms with van der Waals surface area (Å²) in [4.78, 5) is 27.5. The van der Waals surface area contributed by atoms with Gasteiger partial charge in [-0.2, -0.15) is 9.61 Å². The summed E-state index contributed by atoms with van der Waals surface area (Å²) in [5.74, 6) is 2.97. The molecule has 3 aromatic rings. The van der Waals surface area contributed by atoms with Crippen molar-refractivity contribution in [3.63, 3.8) is 0 Å². The number of hydrogen-bond acceptors (Lipinski definition) is 6. The maximum Gasteiger partial charge on any atom is 0.261 e. The van der Waals surface area contributed by atoms with E-state index < -0.39 is 0 Å². The molecule has 0 saturated heterocycles. The van der Waals surface area contributed by atoms with Crippen molar-refractivity contribution < 1.29 is 9.59 Å². The van der Waals surface area contributed by atoms with Crippen molar-refractivity contribution in [2.45, 2.75) is 50.5 Å². The predicted octanol–water partition coefficient (Wildman–Crippen LogP) is 3.45. The minimum Gasteiger partial charge on any atom is -0.269 e. The van der Waals surface area contributed by atoms with Gasteiger partial charge in [-0.15, -0.1) is 10.2 Å². The molecule has 7 nitrogen and oxygen atoms in total. The Morgan fingerprint density at radius 2 is 1.53 bits per heavy atom. The molecular weight excluding hydrogens is 398 g/mol. The average Bonchev–Trinajstić information content (AvgIpc) is 3.36. The fourth-order valence-corrected chi connectivity index (χ4v) is 7.78. The topological polar surface area (TPSA) is 80.5 Å². The summed E-state index contributed by atoms with van der Waals surface area (Å²) < 4.78 is 1.91. The highest BCUT2D eigenvalue weighted by Crippen LogP contribution is 2.60. The number of carbonyl (C=O) groups is 2. The van der Waals surface area contributed by atoms with Crippen molar-refractivity contribution in [1.82, 2.24) is 24.7 Å². The van der Waals surface area contributed by atoms with Crippen LogP contribution in [-0.2, 0) is 12.0 Å². The third-order valence-electron chi connectivity index (χ3n) is 7.72. The molecule has 4 bridgehead atoms. The summed E-state index contributed by atoms with van der Waals surface area (Å²) in [7, 11) is 0. The number of fused-ring (bicyclic) bond motifs is 2. The van der Waals surface area contributed by atoms with E-state index in [1.165, 1.54) is 54.8 Å². The Hall–Kier alpha value is -2.61. The summed E-state index contributed by atoms with van der Waals surface area (Å²) >= 11 is 1.42. The molecule has 152 valence electrons. The number of nitrogens with zero attached hydrogens (tertiary/aromatic N) is 5. The monoisotopic (exact) mass is 419 g/mol. The first-order valence-electron chi connectivity index (χ1n) is 10.8. The van der Waals surface area contributed by atoms with Gasteiger partial charge in [-0.05, 0) is 68.4 Å². The van der Waals surface area contributed by atoms with Gasteiger partial charge >= 0.3 is 0 Å². The molecular formula is C22H21N5O2S. The van der Waals surface area contributed by atoms with E-state index in [2.05, 4.69) is 10.2 Å². The van der Waals surface area contributed by atoms with Crippen LogP contribution in [0.5, 0.6) is 0 Å². The number of hydrogen-bond donors (Lipinski definition) is 0. The molecule has 0 atom stereocenters. The predicted molar refractivity (Wildman–Crippen MR) is 109 cm³/mol. The van der Waals surface area contributed by atoms with Crippen LogP contribution < -0.4 is 0 Å². The maximum absolute atomic E-state index is 12.7. The van der Waals surface area contributed by atoms with Crippen molar-refractivity contribution in [3.8, 4) is 0 Å². The highest BCUT2D eigenvalue weighted by Gasteiger charge is 2.54. The summed E-state index contributed by atoms with van der Waals surface area (Å²) in [6.45, 7) is 0.181. The normalized spacial score (nSPS) is 31.9. The van der Waals surface area contributed by atoms with Gasteiger partial charge in [0.05, 0.1) is 17.7 Å². The van der Waals surface area contributed by atoms with Crippen LogP contribution in [0.4, 0.5) is 0 Å².